The highest BCUT2D eigenvalue weighted by Crippen LogP contribution is 2.28. The second-order valence-corrected chi connectivity index (χ2v) is 7.63. The standard InChI is InChI=1S/C25H23N5O2/c1-32-19-7-4-6-18(16-19)23-17-21(20-8-2-3-9-22(20)28-23)24(31)29-12-14-30(15-13-29)25-26-10-5-11-27-25/h2-11,16-17H,12-15H2,1H3. The average molecular weight is 425 g/mol. The number of fused-ring (bicyclic) bond motifs is 1. The molecule has 7 nitrogen and oxygen atoms in total. The molecule has 0 atom stereocenters. The predicted octanol–water partition coefficient (Wildman–Crippen LogP) is 3.66. The first-order valence-corrected chi connectivity index (χ1v) is 10.6. The van der Waals surface area contributed by atoms with Crippen molar-refractivity contribution in [1.29, 1.82) is 0 Å². The summed E-state index contributed by atoms with van der Waals surface area (Å²) in [7, 11) is 1.64. The maximum atomic E-state index is 13.6. The first kappa shape index (κ1) is 19.9. The number of methoxy groups -OCH3 is 1. The maximum Gasteiger partial charge on any atom is 0.254 e. The van der Waals surface area contributed by atoms with Gasteiger partial charge in [-0.15, -0.1) is 0 Å². The first-order valence-electron chi connectivity index (χ1n) is 10.6. The maximum absolute atomic E-state index is 13.6. The Labute approximate surface area is 186 Å². The van der Waals surface area contributed by atoms with Crippen LogP contribution in [0, 0.1) is 0 Å². The van der Waals surface area contributed by atoms with Gasteiger partial charge in [0, 0.05) is 49.5 Å². The molecule has 32 heavy (non-hydrogen) atoms. The van der Waals surface area contributed by atoms with Crippen LogP contribution in [0.1, 0.15) is 10.4 Å². The van der Waals surface area contributed by atoms with Gasteiger partial charge in [0.25, 0.3) is 5.91 Å². The summed E-state index contributed by atoms with van der Waals surface area (Å²) in [6.07, 6.45) is 3.48. The number of pyridine rings is 1. The largest absolute Gasteiger partial charge is 0.497 e. The number of rotatable bonds is 4. The zero-order valence-electron chi connectivity index (χ0n) is 17.8. The highest BCUT2D eigenvalue weighted by Gasteiger charge is 2.25. The lowest BCUT2D eigenvalue weighted by Crippen LogP contribution is -2.49. The Hall–Kier alpha value is -4.00. The Balaban J connectivity index is 1.46. The highest BCUT2D eigenvalue weighted by atomic mass is 16.5. The number of aromatic nitrogens is 3. The topological polar surface area (TPSA) is 71.5 Å². The third-order valence-electron chi connectivity index (χ3n) is 5.71. The fourth-order valence-corrected chi connectivity index (χ4v) is 4.02. The molecule has 1 fully saturated rings. The van der Waals surface area contributed by atoms with E-state index in [4.69, 9.17) is 9.72 Å². The molecule has 2 aromatic heterocycles. The van der Waals surface area contributed by atoms with Gasteiger partial charge in [-0.05, 0) is 30.3 Å². The van der Waals surface area contributed by atoms with Crippen LogP contribution in [0.2, 0.25) is 0 Å². The van der Waals surface area contributed by atoms with Crippen molar-refractivity contribution in [1.82, 2.24) is 19.9 Å². The summed E-state index contributed by atoms with van der Waals surface area (Å²) in [6.45, 7) is 2.62. The molecule has 0 unspecified atom stereocenters. The van der Waals surface area contributed by atoms with E-state index in [1.54, 1.807) is 25.6 Å². The van der Waals surface area contributed by atoms with E-state index in [2.05, 4.69) is 14.9 Å². The number of hydrogen-bond acceptors (Lipinski definition) is 6. The number of carbonyl (C=O) groups is 1. The van der Waals surface area contributed by atoms with Gasteiger partial charge >= 0.3 is 0 Å². The average Bonchev–Trinajstić information content (AvgIpc) is 2.88. The normalized spacial score (nSPS) is 13.9. The van der Waals surface area contributed by atoms with Gasteiger partial charge in [0.05, 0.1) is 23.9 Å². The zero-order valence-corrected chi connectivity index (χ0v) is 17.8. The zero-order chi connectivity index (χ0) is 21.9. The van der Waals surface area contributed by atoms with Crippen LogP contribution in [0.25, 0.3) is 22.2 Å². The smallest absolute Gasteiger partial charge is 0.254 e. The molecule has 160 valence electrons. The molecule has 0 saturated carbocycles. The fourth-order valence-electron chi connectivity index (χ4n) is 4.02. The molecule has 0 radical (unpaired) electrons. The summed E-state index contributed by atoms with van der Waals surface area (Å²) in [5.74, 6) is 1.47. The minimum Gasteiger partial charge on any atom is -0.497 e. The number of carbonyl (C=O) groups excluding carboxylic acids is 1. The van der Waals surface area contributed by atoms with Gasteiger partial charge in [-0.2, -0.15) is 0 Å². The Morgan fingerprint density at radius 1 is 0.906 bits per heavy atom. The van der Waals surface area contributed by atoms with Crippen molar-refractivity contribution in [2.75, 3.05) is 38.2 Å². The molecule has 3 heterocycles. The van der Waals surface area contributed by atoms with E-state index < -0.39 is 0 Å². The van der Waals surface area contributed by atoms with Crippen LogP contribution in [-0.2, 0) is 0 Å². The van der Waals surface area contributed by atoms with E-state index in [9.17, 15) is 4.79 Å². The van der Waals surface area contributed by atoms with E-state index in [-0.39, 0.29) is 5.91 Å². The van der Waals surface area contributed by atoms with E-state index in [1.807, 2.05) is 59.5 Å². The summed E-state index contributed by atoms with van der Waals surface area (Å²) in [6, 6.07) is 19.2. The van der Waals surface area contributed by atoms with Crippen LogP contribution in [0.5, 0.6) is 5.75 Å². The van der Waals surface area contributed by atoms with Crippen molar-refractivity contribution in [2.45, 2.75) is 0 Å². The van der Waals surface area contributed by atoms with Gasteiger partial charge in [-0.3, -0.25) is 4.79 Å². The third-order valence-corrected chi connectivity index (χ3v) is 5.71. The molecule has 1 saturated heterocycles. The second kappa shape index (κ2) is 8.63. The number of para-hydroxylation sites is 1. The first-order chi connectivity index (χ1) is 15.7. The Morgan fingerprint density at radius 3 is 2.47 bits per heavy atom. The number of ether oxygens (including phenoxy) is 1. The van der Waals surface area contributed by atoms with Crippen molar-refractivity contribution in [3.8, 4) is 17.0 Å². The molecular weight excluding hydrogens is 402 g/mol. The Bertz CT molecular complexity index is 1250. The highest BCUT2D eigenvalue weighted by molar-refractivity contribution is 6.07. The molecule has 2 aromatic carbocycles. The molecule has 7 heteroatoms. The number of piperazine rings is 1. The fraction of sp³-hybridized carbons (Fsp3) is 0.200. The number of anilines is 1. The number of nitrogens with zero attached hydrogens (tertiary/aromatic N) is 5. The monoisotopic (exact) mass is 425 g/mol. The van der Waals surface area contributed by atoms with Gasteiger partial charge in [0.2, 0.25) is 5.95 Å². The quantitative estimate of drug-likeness (QED) is 0.497. The molecule has 0 N–H and O–H groups in total. The minimum absolute atomic E-state index is 0.0152. The number of amides is 1. The number of benzene rings is 2. The van der Waals surface area contributed by atoms with Crippen LogP contribution < -0.4 is 9.64 Å². The summed E-state index contributed by atoms with van der Waals surface area (Å²) in [5, 5.41) is 0.859. The SMILES string of the molecule is COc1cccc(-c2cc(C(=O)N3CCN(c4ncccn4)CC3)c3ccccc3n2)c1. The van der Waals surface area contributed by atoms with Crippen molar-refractivity contribution in [3.05, 3.63) is 78.6 Å². The number of hydrogen-bond donors (Lipinski definition) is 0. The Kier molecular flexibility index (Phi) is 5.37. The lowest BCUT2D eigenvalue weighted by Gasteiger charge is -2.34. The van der Waals surface area contributed by atoms with Crippen molar-refractivity contribution >= 4 is 22.8 Å². The van der Waals surface area contributed by atoms with Crippen LogP contribution in [0.3, 0.4) is 0 Å². The van der Waals surface area contributed by atoms with Gasteiger partial charge in [-0.1, -0.05) is 30.3 Å². The summed E-state index contributed by atoms with van der Waals surface area (Å²) in [5.41, 5.74) is 3.13. The van der Waals surface area contributed by atoms with Crippen molar-refractivity contribution in [3.63, 3.8) is 0 Å². The van der Waals surface area contributed by atoms with Gasteiger partial charge in [0.1, 0.15) is 5.75 Å². The van der Waals surface area contributed by atoms with Gasteiger partial charge in [-0.25, -0.2) is 15.0 Å². The van der Waals surface area contributed by atoms with E-state index in [0.29, 0.717) is 37.7 Å². The summed E-state index contributed by atoms with van der Waals surface area (Å²) in [4.78, 5) is 31.1. The van der Waals surface area contributed by atoms with E-state index in [0.717, 1.165) is 27.9 Å². The molecule has 0 aliphatic carbocycles. The molecule has 0 bridgehead atoms. The lowest BCUT2D eigenvalue weighted by atomic mass is 10.0. The lowest BCUT2D eigenvalue weighted by molar-refractivity contribution is 0.0748. The van der Waals surface area contributed by atoms with Crippen molar-refractivity contribution < 1.29 is 9.53 Å². The van der Waals surface area contributed by atoms with E-state index >= 15 is 0 Å². The van der Waals surface area contributed by atoms with Gasteiger partial charge < -0.3 is 14.5 Å². The summed E-state index contributed by atoms with van der Waals surface area (Å²) >= 11 is 0. The van der Waals surface area contributed by atoms with Crippen molar-refractivity contribution in [2.24, 2.45) is 0 Å². The van der Waals surface area contributed by atoms with Crippen LogP contribution in [-0.4, -0.2) is 59.0 Å². The minimum atomic E-state index is 0.0152. The second-order valence-electron chi connectivity index (χ2n) is 7.63. The van der Waals surface area contributed by atoms with E-state index in [1.165, 1.54) is 0 Å². The molecule has 4 aromatic rings. The molecule has 1 aliphatic heterocycles. The van der Waals surface area contributed by atoms with Crippen LogP contribution in [0.15, 0.2) is 73.1 Å². The van der Waals surface area contributed by atoms with Gasteiger partial charge in [0.15, 0.2) is 0 Å². The molecule has 5 rings (SSSR count). The molecule has 1 amide bonds. The predicted molar refractivity (Wildman–Crippen MR) is 124 cm³/mol. The summed E-state index contributed by atoms with van der Waals surface area (Å²) < 4.78 is 5.37. The van der Waals surface area contributed by atoms with Crippen LogP contribution in [0.4, 0.5) is 5.95 Å². The third kappa shape index (κ3) is 3.85. The molecule has 1 aliphatic rings. The molecular formula is C25H23N5O2. The van der Waals surface area contributed by atoms with Crippen LogP contribution >= 0.6 is 0 Å². The Morgan fingerprint density at radius 2 is 1.69 bits per heavy atom. The molecule has 0 spiro atoms.